The van der Waals surface area contributed by atoms with Crippen LogP contribution in [0.4, 0.5) is 0 Å². The van der Waals surface area contributed by atoms with Crippen molar-refractivity contribution in [2.45, 2.75) is 26.3 Å². The Morgan fingerprint density at radius 1 is 1.33 bits per heavy atom. The fraction of sp³-hybridized carbons (Fsp3) is 0.375. The van der Waals surface area contributed by atoms with Gasteiger partial charge in [0, 0.05) is 19.2 Å². The van der Waals surface area contributed by atoms with E-state index in [9.17, 15) is 4.79 Å². The van der Waals surface area contributed by atoms with E-state index in [1.807, 2.05) is 43.1 Å². The molecule has 1 aromatic heterocycles. The van der Waals surface area contributed by atoms with Gasteiger partial charge in [0.25, 0.3) is 5.91 Å². The topological polar surface area (TPSA) is 38.1 Å². The molecule has 3 rings (SSSR count). The summed E-state index contributed by atoms with van der Waals surface area (Å²) in [7, 11) is 1.88. The third-order valence-corrected chi connectivity index (χ3v) is 4.47. The Balaban J connectivity index is 1.87. The molecule has 0 saturated heterocycles. The number of hydrogen-bond donors (Lipinski definition) is 0. The second-order valence-corrected chi connectivity index (χ2v) is 5.70. The van der Waals surface area contributed by atoms with Gasteiger partial charge in [0.05, 0.1) is 23.0 Å². The zero-order valence-electron chi connectivity index (χ0n) is 12.3. The van der Waals surface area contributed by atoms with Crippen LogP contribution in [-0.2, 0) is 26.4 Å². The first-order valence-electron chi connectivity index (χ1n) is 7.19. The third kappa shape index (κ3) is 2.44. The highest BCUT2D eigenvalue weighted by atomic mass is 35.5. The van der Waals surface area contributed by atoms with Crippen LogP contribution in [0.3, 0.4) is 0 Å². The first kappa shape index (κ1) is 14.1. The van der Waals surface area contributed by atoms with Crippen molar-refractivity contribution in [2.75, 3.05) is 6.54 Å². The predicted octanol–water partition coefficient (Wildman–Crippen LogP) is 2.83. The molecule has 1 aliphatic rings. The molecular weight excluding hydrogens is 286 g/mol. The van der Waals surface area contributed by atoms with Gasteiger partial charge in [0.15, 0.2) is 0 Å². The maximum atomic E-state index is 12.6. The van der Waals surface area contributed by atoms with Gasteiger partial charge in [-0.2, -0.15) is 5.10 Å². The second kappa shape index (κ2) is 5.53. The first-order valence-corrected chi connectivity index (χ1v) is 7.57. The molecule has 0 fully saturated rings. The van der Waals surface area contributed by atoms with Gasteiger partial charge in [-0.3, -0.25) is 9.48 Å². The summed E-state index contributed by atoms with van der Waals surface area (Å²) in [6, 6.07) is 7.81. The minimum Gasteiger partial charge on any atom is -0.332 e. The van der Waals surface area contributed by atoms with E-state index in [0.29, 0.717) is 11.6 Å². The largest absolute Gasteiger partial charge is 0.332 e. The minimum absolute atomic E-state index is 0.0761. The molecule has 0 aliphatic carbocycles. The minimum atomic E-state index is 0.0761. The molecule has 0 bridgehead atoms. The highest BCUT2D eigenvalue weighted by molar-refractivity contribution is 6.31. The number of carbonyl (C=O) groups is 1. The van der Waals surface area contributed by atoms with E-state index in [0.717, 1.165) is 41.9 Å². The van der Waals surface area contributed by atoms with Gasteiger partial charge in [-0.05, 0) is 24.5 Å². The summed E-state index contributed by atoms with van der Waals surface area (Å²) < 4.78 is 1.79. The maximum Gasteiger partial charge on any atom is 0.254 e. The molecule has 5 heteroatoms. The van der Waals surface area contributed by atoms with Gasteiger partial charge in [0.2, 0.25) is 0 Å². The van der Waals surface area contributed by atoms with Gasteiger partial charge in [0.1, 0.15) is 0 Å². The standard InChI is InChI=1S/C16H18ClN3O/c1-3-13-15(17)14(19(2)18-13)10-20-9-8-11-6-4-5-7-12(11)16(20)21/h4-7H,3,8-10H2,1-2H3. The van der Waals surface area contributed by atoms with Crippen LogP contribution in [0.15, 0.2) is 24.3 Å². The Morgan fingerprint density at radius 3 is 2.81 bits per heavy atom. The molecule has 0 atom stereocenters. The number of fused-ring (bicyclic) bond motifs is 1. The Morgan fingerprint density at radius 2 is 2.10 bits per heavy atom. The van der Waals surface area contributed by atoms with Crippen LogP contribution >= 0.6 is 11.6 Å². The number of carbonyl (C=O) groups excluding carboxylic acids is 1. The lowest BCUT2D eigenvalue weighted by Crippen LogP contribution is -2.37. The smallest absolute Gasteiger partial charge is 0.254 e. The molecule has 1 amide bonds. The summed E-state index contributed by atoms with van der Waals surface area (Å²) in [6.45, 7) is 3.26. The number of aryl methyl sites for hydroxylation is 2. The van der Waals surface area contributed by atoms with E-state index in [-0.39, 0.29) is 5.91 Å². The Labute approximate surface area is 129 Å². The molecular formula is C16H18ClN3O. The molecule has 4 nitrogen and oxygen atoms in total. The fourth-order valence-electron chi connectivity index (χ4n) is 2.80. The molecule has 0 N–H and O–H groups in total. The monoisotopic (exact) mass is 303 g/mol. The Bertz CT molecular complexity index is 693. The molecule has 0 radical (unpaired) electrons. The fourth-order valence-corrected chi connectivity index (χ4v) is 3.15. The molecule has 0 spiro atoms. The average Bonchev–Trinajstić information content (AvgIpc) is 2.77. The normalized spacial score (nSPS) is 14.4. The number of benzene rings is 1. The lowest BCUT2D eigenvalue weighted by molar-refractivity contribution is 0.0723. The van der Waals surface area contributed by atoms with E-state index in [4.69, 9.17) is 11.6 Å². The van der Waals surface area contributed by atoms with Gasteiger partial charge in [-0.1, -0.05) is 36.7 Å². The van der Waals surface area contributed by atoms with Crippen LogP contribution in [-0.4, -0.2) is 27.1 Å². The van der Waals surface area contributed by atoms with Crippen molar-refractivity contribution < 1.29 is 4.79 Å². The van der Waals surface area contributed by atoms with E-state index in [2.05, 4.69) is 5.10 Å². The quantitative estimate of drug-likeness (QED) is 0.874. The van der Waals surface area contributed by atoms with Gasteiger partial charge in [-0.25, -0.2) is 0 Å². The predicted molar refractivity (Wildman–Crippen MR) is 82.5 cm³/mol. The molecule has 21 heavy (non-hydrogen) atoms. The van der Waals surface area contributed by atoms with Crippen LogP contribution in [0.25, 0.3) is 0 Å². The highest BCUT2D eigenvalue weighted by Crippen LogP contribution is 2.25. The number of nitrogens with zero attached hydrogens (tertiary/aromatic N) is 3. The van der Waals surface area contributed by atoms with Crippen LogP contribution in [0.1, 0.15) is 34.2 Å². The Hall–Kier alpha value is -1.81. The van der Waals surface area contributed by atoms with E-state index >= 15 is 0 Å². The average molecular weight is 304 g/mol. The molecule has 2 aromatic rings. The molecule has 1 aromatic carbocycles. The number of hydrogen-bond acceptors (Lipinski definition) is 2. The van der Waals surface area contributed by atoms with Gasteiger partial charge in [-0.15, -0.1) is 0 Å². The number of rotatable bonds is 3. The van der Waals surface area contributed by atoms with Crippen molar-refractivity contribution in [3.05, 3.63) is 51.8 Å². The van der Waals surface area contributed by atoms with Crippen LogP contribution < -0.4 is 0 Å². The van der Waals surface area contributed by atoms with Crippen LogP contribution in [0.5, 0.6) is 0 Å². The van der Waals surface area contributed by atoms with Crippen molar-refractivity contribution in [3.63, 3.8) is 0 Å². The SMILES string of the molecule is CCc1nn(C)c(CN2CCc3ccccc3C2=O)c1Cl. The van der Waals surface area contributed by atoms with E-state index < -0.39 is 0 Å². The van der Waals surface area contributed by atoms with Crippen molar-refractivity contribution in [1.82, 2.24) is 14.7 Å². The molecule has 2 heterocycles. The zero-order chi connectivity index (χ0) is 15.0. The maximum absolute atomic E-state index is 12.6. The highest BCUT2D eigenvalue weighted by Gasteiger charge is 2.26. The van der Waals surface area contributed by atoms with Crippen molar-refractivity contribution >= 4 is 17.5 Å². The summed E-state index contributed by atoms with van der Waals surface area (Å²) >= 11 is 6.38. The van der Waals surface area contributed by atoms with Crippen molar-refractivity contribution in [3.8, 4) is 0 Å². The molecule has 0 unspecified atom stereocenters. The molecule has 110 valence electrons. The number of halogens is 1. The van der Waals surface area contributed by atoms with Gasteiger partial charge < -0.3 is 4.90 Å². The lowest BCUT2D eigenvalue weighted by Gasteiger charge is -2.28. The zero-order valence-corrected chi connectivity index (χ0v) is 13.0. The van der Waals surface area contributed by atoms with E-state index in [1.54, 1.807) is 4.68 Å². The summed E-state index contributed by atoms with van der Waals surface area (Å²) in [6.07, 6.45) is 1.68. The Kier molecular flexibility index (Phi) is 3.72. The number of aromatic nitrogens is 2. The summed E-state index contributed by atoms with van der Waals surface area (Å²) in [4.78, 5) is 14.4. The summed E-state index contributed by atoms with van der Waals surface area (Å²) in [5.74, 6) is 0.0761. The molecule has 1 aliphatic heterocycles. The third-order valence-electron chi connectivity index (χ3n) is 4.03. The molecule has 0 saturated carbocycles. The van der Waals surface area contributed by atoms with Gasteiger partial charge >= 0.3 is 0 Å². The van der Waals surface area contributed by atoms with Crippen LogP contribution in [0.2, 0.25) is 5.02 Å². The van der Waals surface area contributed by atoms with Crippen molar-refractivity contribution in [1.29, 1.82) is 0 Å². The van der Waals surface area contributed by atoms with Crippen molar-refractivity contribution in [2.24, 2.45) is 7.05 Å². The second-order valence-electron chi connectivity index (χ2n) is 5.32. The lowest BCUT2D eigenvalue weighted by atomic mass is 9.99. The summed E-state index contributed by atoms with van der Waals surface area (Å²) in [5, 5.41) is 5.10. The van der Waals surface area contributed by atoms with Crippen LogP contribution in [0, 0.1) is 0 Å². The van der Waals surface area contributed by atoms with E-state index in [1.165, 1.54) is 0 Å². The number of amides is 1. The summed E-state index contributed by atoms with van der Waals surface area (Å²) in [5.41, 5.74) is 3.72. The first-order chi connectivity index (χ1) is 10.1.